The summed E-state index contributed by atoms with van der Waals surface area (Å²) in [6, 6.07) is 6.35. The van der Waals surface area contributed by atoms with Gasteiger partial charge in [0.25, 0.3) is 0 Å². The van der Waals surface area contributed by atoms with Gasteiger partial charge in [0, 0.05) is 25.4 Å². The third kappa shape index (κ3) is 3.49. The van der Waals surface area contributed by atoms with Crippen LogP contribution >= 0.6 is 0 Å². The van der Waals surface area contributed by atoms with Crippen LogP contribution in [-0.4, -0.2) is 62.6 Å². The number of hydrogen-bond donors (Lipinski definition) is 0. The fraction of sp³-hybridized carbons (Fsp3) is 0.526. The second-order valence-electron chi connectivity index (χ2n) is 7.29. The minimum absolute atomic E-state index is 0.142. The molecule has 0 bridgehead atoms. The molecule has 3 aromatic heterocycles. The number of fused-ring (bicyclic) bond motifs is 1. The van der Waals surface area contributed by atoms with Crippen molar-refractivity contribution in [3.05, 3.63) is 30.7 Å². The fourth-order valence-electron chi connectivity index (χ4n) is 4.00. The molecule has 0 N–H and O–H groups in total. The van der Waals surface area contributed by atoms with Gasteiger partial charge in [0.05, 0.1) is 30.2 Å². The van der Waals surface area contributed by atoms with Crippen molar-refractivity contribution in [1.29, 1.82) is 0 Å². The van der Waals surface area contributed by atoms with Crippen LogP contribution in [0.2, 0.25) is 0 Å². The first kappa shape index (κ1) is 17.3. The quantitative estimate of drug-likeness (QED) is 0.678. The zero-order chi connectivity index (χ0) is 18.8. The van der Waals surface area contributed by atoms with E-state index >= 15 is 0 Å². The summed E-state index contributed by atoms with van der Waals surface area (Å²) in [5.41, 5.74) is 0.913. The smallest absolute Gasteiger partial charge is 0.225 e. The molecule has 28 heavy (non-hydrogen) atoms. The Morgan fingerprint density at radius 3 is 2.75 bits per heavy atom. The Kier molecular flexibility index (Phi) is 4.74. The Morgan fingerprint density at radius 2 is 1.96 bits per heavy atom. The molecular formula is C19H23N7O2. The summed E-state index contributed by atoms with van der Waals surface area (Å²) in [6.45, 7) is 3.11. The number of aromatic nitrogens is 6. The zero-order valence-corrected chi connectivity index (χ0v) is 15.6. The Morgan fingerprint density at radius 1 is 1.11 bits per heavy atom. The second-order valence-corrected chi connectivity index (χ2v) is 7.29. The van der Waals surface area contributed by atoms with Crippen LogP contribution in [-0.2, 0) is 4.74 Å². The molecule has 1 saturated heterocycles. The lowest BCUT2D eigenvalue weighted by molar-refractivity contribution is 0.120. The van der Waals surface area contributed by atoms with Crippen molar-refractivity contribution in [3.8, 4) is 5.88 Å². The number of pyridine rings is 2. The fourth-order valence-corrected chi connectivity index (χ4v) is 4.00. The zero-order valence-electron chi connectivity index (χ0n) is 15.6. The number of ether oxygens (including phenoxy) is 2. The van der Waals surface area contributed by atoms with E-state index in [9.17, 15) is 0 Å². The van der Waals surface area contributed by atoms with Gasteiger partial charge in [-0.2, -0.15) is 4.98 Å². The first-order valence-corrected chi connectivity index (χ1v) is 9.84. The van der Waals surface area contributed by atoms with Crippen LogP contribution in [0.5, 0.6) is 5.88 Å². The molecule has 0 aromatic carbocycles. The van der Waals surface area contributed by atoms with Crippen molar-refractivity contribution in [2.45, 2.75) is 37.8 Å². The van der Waals surface area contributed by atoms with E-state index in [0.717, 1.165) is 68.7 Å². The first-order valence-electron chi connectivity index (χ1n) is 9.84. The second kappa shape index (κ2) is 7.67. The maximum atomic E-state index is 6.40. The maximum Gasteiger partial charge on any atom is 0.225 e. The lowest BCUT2D eigenvalue weighted by Gasteiger charge is -2.30. The average Bonchev–Trinajstić information content (AvgIpc) is 3.30. The lowest BCUT2D eigenvalue weighted by atomic mass is 9.93. The molecule has 1 aliphatic heterocycles. The molecule has 1 saturated carbocycles. The highest BCUT2D eigenvalue weighted by molar-refractivity contribution is 5.85. The molecule has 2 fully saturated rings. The van der Waals surface area contributed by atoms with Crippen LogP contribution in [0.4, 0.5) is 5.82 Å². The SMILES string of the molecule is c1cnc2cc(N3CCOCC3)nc(OC3CCC(n4cnnn4)CC3)c2c1. The molecule has 0 unspecified atom stereocenters. The van der Waals surface area contributed by atoms with Gasteiger partial charge < -0.3 is 14.4 Å². The third-order valence-electron chi connectivity index (χ3n) is 5.55. The highest BCUT2D eigenvalue weighted by Crippen LogP contribution is 2.33. The summed E-state index contributed by atoms with van der Waals surface area (Å²) in [7, 11) is 0. The van der Waals surface area contributed by atoms with Gasteiger partial charge in [-0.15, -0.1) is 5.10 Å². The Balaban J connectivity index is 1.36. The van der Waals surface area contributed by atoms with Crippen molar-refractivity contribution in [2.24, 2.45) is 0 Å². The van der Waals surface area contributed by atoms with Gasteiger partial charge in [-0.3, -0.25) is 4.98 Å². The summed E-state index contributed by atoms with van der Waals surface area (Å²) in [6.07, 6.45) is 7.55. The lowest BCUT2D eigenvalue weighted by Crippen LogP contribution is -2.36. The molecule has 0 radical (unpaired) electrons. The highest BCUT2D eigenvalue weighted by Gasteiger charge is 2.26. The van der Waals surface area contributed by atoms with Crippen LogP contribution in [0.3, 0.4) is 0 Å². The summed E-state index contributed by atoms with van der Waals surface area (Å²) in [4.78, 5) is 11.6. The molecule has 4 heterocycles. The topological polar surface area (TPSA) is 91.1 Å². The minimum atomic E-state index is 0.142. The van der Waals surface area contributed by atoms with E-state index in [1.165, 1.54) is 0 Å². The number of nitrogens with zero attached hydrogens (tertiary/aromatic N) is 7. The van der Waals surface area contributed by atoms with Gasteiger partial charge in [-0.1, -0.05) is 0 Å². The van der Waals surface area contributed by atoms with Crippen molar-refractivity contribution >= 4 is 16.7 Å². The molecule has 1 aliphatic carbocycles. The Labute approximate surface area is 162 Å². The molecule has 146 valence electrons. The van der Waals surface area contributed by atoms with E-state index in [1.807, 2.05) is 29.1 Å². The number of morpholine rings is 1. The van der Waals surface area contributed by atoms with Crippen molar-refractivity contribution in [3.63, 3.8) is 0 Å². The van der Waals surface area contributed by atoms with Gasteiger partial charge in [0.15, 0.2) is 0 Å². The van der Waals surface area contributed by atoms with Crippen LogP contribution in [0.1, 0.15) is 31.7 Å². The van der Waals surface area contributed by atoms with E-state index in [4.69, 9.17) is 14.5 Å². The third-order valence-corrected chi connectivity index (χ3v) is 5.55. The number of rotatable bonds is 4. The number of tetrazole rings is 1. The summed E-state index contributed by atoms with van der Waals surface area (Å²) in [5, 5.41) is 12.5. The van der Waals surface area contributed by atoms with Crippen LogP contribution < -0.4 is 9.64 Å². The molecule has 9 nitrogen and oxygen atoms in total. The largest absolute Gasteiger partial charge is 0.474 e. The first-order chi connectivity index (χ1) is 13.9. The molecule has 2 aliphatic rings. The monoisotopic (exact) mass is 381 g/mol. The van der Waals surface area contributed by atoms with E-state index < -0.39 is 0 Å². The van der Waals surface area contributed by atoms with E-state index in [1.54, 1.807) is 6.33 Å². The summed E-state index contributed by atoms with van der Waals surface area (Å²) < 4.78 is 13.7. The molecule has 0 spiro atoms. The Bertz CT molecular complexity index is 919. The van der Waals surface area contributed by atoms with Gasteiger partial charge in [0.1, 0.15) is 18.2 Å². The van der Waals surface area contributed by atoms with Gasteiger partial charge in [-0.05, 0) is 48.2 Å². The van der Waals surface area contributed by atoms with E-state index in [2.05, 4.69) is 25.4 Å². The summed E-state index contributed by atoms with van der Waals surface area (Å²) >= 11 is 0. The van der Waals surface area contributed by atoms with Gasteiger partial charge in [0.2, 0.25) is 5.88 Å². The van der Waals surface area contributed by atoms with Gasteiger partial charge in [-0.25, -0.2) is 4.68 Å². The maximum absolute atomic E-state index is 6.40. The predicted molar refractivity (Wildman–Crippen MR) is 102 cm³/mol. The van der Waals surface area contributed by atoms with Crippen molar-refractivity contribution in [1.82, 2.24) is 30.2 Å². The summed E-state index contributed by atoms with van der Waals surface area (Å²) in [5.74, 6) is 1.59. The van der Waals surface area contributed by atoms with Gasteiger partial charge >= 0.3 is 0 Å². The number of hydrogen-bond acceptors (Lipinski definition) is 8. The molecule has 9 heteroatoms. The molecule has 5 rings (SSSR count). The minimum Gasteiger partial charge on any atom is -0.474 e. The van der Waals surface area contributed by atoms with Crippen LogP contribution in [0, 0.1) is 0 Å². The normalized spacial score (nSPS) is 23.1. The Hall–Kier alpha value is -2.81. The molecule has 0 atom stereocenters. The van der Waals surface area contributed by atoms with E-state index in [-0.39, 0.29) is 6.10 Å². The number of anilines is 1. The van der Waals surface area contributed by atoms with Crippen LogP contribution in [0.25, 0.3) is 10.9 Å². The van der Waals surface area contributed by atoms with Crippen molar-refractivity contribution < 1.29 is 9.47 Å². The molecule has 0 amide bonds. The van der Waals surface area contributed by atoms with E-state index in [0.29, 0.717) is 11.9 Å². The highest BCUT2D eigenvalue weighted by atomic mass is 16.5. The predicted octanol–water partition coefficient (Wildman–Crippen LogP) is 2.02. The molecule has 3 aromatic rings. The van der Waals surface area contributed by atoms with Crippen LogP contribution in [0.15, 0.2) is 30.7 Å². The average molecular weight is 381 g/mol. The van der Waals surface area contributed by atoms with Crippen molar-refractivity contribution in [2.75, 3.05) is 31.2 Å². The standard InChI is InChI=1S/C19H23N7O2/c1-2-16-17(20-7-1)12-18(25-8-10-27-11-9-25)22-19(16)28-15-5-3-14(4-6-15)26-13-21-23-24-26/h1-2,7,12-15H,3-6,8-11H2. The molecular weight excluding hydrogens is 358 g/mol.